The van der Waals surface area contributed by atoms with E-state index in [0.29, 0.717) is 22.1 Å². The van der Waals surface area contributed by atoms with Gasteiger partial charge in [-0.25, -0.2) is 0 Å². The van der Waals surface area contributed by atoms with Crippen LogP contribution in [0.25, 0.3) is 0 Å². The Morgan fingerprint density at radius 3 is 2.48 bits per heavy atom. The minimum Gasteiger partial charge on any atom is -0.507 e. The lowest BCUT2D eigenvalue weighted by atomic mass is 10.1. The fourth-order valence-electron chi connectivity index (χ4n) is 1.75. The fourth-order valence-corrected chi connectivity index (χ4v) is 1.92. The predicted molar refractivity (Wildman–Crippen MR) is 85.9 cm³/mol. The highest BCUT2D eigenvalue weighted by Crippen LogP contribution is 2.30. The summed E-state index contributed by atoms with van der Waals surface area (Å²) >= 11 is 5.82. The molecule has 5 nitrogen and oxygen atoms in total. The van der Waals surface area contributed by atoms with E-state index in [1.54, 1.807) is 18.2 Å². The highest BCUT2D eigenvalue weighted by atomic mass is 35.5. The van der Waals surface area contributed by atoms with Gasteiger partial charge in [-0.3, -0.25) is 14.8 Å². The Bertz CT molecular complexity index is 729. The van der Waals surface area contributed by atoms with E-state index in [1.807, 2.05) is 0 Å². The second-order valence-electron chi connectivity index (χ2n) is 4.14. The highest BCUT2D eigenvalue weighted by Gasteiger charge is 2.12. The Kier molecular flexibility index (Phi) is 4.35. The number of rotatable bonds is 4. The molecule has 1 amide bonds. The third kappa shape index (κ3) is 3.27. The predicted octanol–water partition coefficient (Wildman–Crippen LogP) is 3.96. The number of carbonyl (C=O) groups is 1. The lowest BCUT2D eigenvalue weighted by Crippen LogP contribution is -2.12. The van der Waals surface area contributed by atoms with Gasteiger partial charge in [-0.15, -0.1) is 0 Å². The van der Waals surface area contributed by atoms with Gasteiger partial charge >= 0.3 is 0 Å². The SMILES string of the molecule is C=Nc1ccc(NC(=O)c2cc(Cl)ccc2O)cc1N=C. The third-order valence-electron chi connectivity index (χ3n) is 2.78. The van der Waals surface area contributed by atoms with Crippen molar-refractivity contribution in [3.05, 3.63) is 47.0 Å². The molecule has 0 aliphatic heterocycles. The summed E-state index contributed by atoms with van der Waals surface area (Å²) < 4.78 is 0. The van der Waals surface area contributed by atoms with Crippen molar-refractivity contribution >= 4 is 48.0 Å². The van der Waals surface area contributed by atoms with Crippen LogP contribution in [0.2, 0.25) is 5.02 Å². The van der Waals surface area contributed by atoms with Gasteiger partial charge < -0.3 is 10.4 Å². The van der Waals surface area contributed by atoms with Gasteiger partial charge in [0.15, 0.2) is 0 Å². The average molecular weight is 302 g/mol. The first-order valence-corrected chi connectivity index (χ1v) is 6.30. The molecule has 0 fully saturated rings. The minimum absolute atomic E-state index is 0.0848. The van der Waals surface area contributed by atoms with Crippen molar-refractivity contribution < 1.29 is 9.90 Å². The fraction of sp³-hybridized carbons (Fsp3) is 0. The number of anilines is 1. The van der Waals surface area contributed by atoms with Gasteiger partial charge in [-0.1, -0.05) is 11.6 Å². The summed E-state index contributed by atoms with van der Waals surface area (Å²) in [5.74, 6) is -0.632. The van der Waals surface area contributed by atoms with Crippen LogP contribution < -0.4 is 5.32 Å². The van der Waals surface area contributed by atoms with Crippen molar-refractivity contribution in [3.8, 4) is 5.75 Å². The smallest absolute Gasteiger partial charge is 0.259 e. The van der Waals surface area contributed by atoms with Crippen molar-refractivity contribution in [3.63, 3.8) is 0 Å². The van der Waals surface area contributed by atoms with E-state index in [9.17, 15) is 9.90 Å². The zero-order chi connectivity index (χ0) is 15.4. The first-order valence-electron chi connectivity index (χ1n) is 5.92. The molecule has 0 saturated carbocycles. The molecule has 6 heteroatoms. The molecule has 2 N–H and O–H groups in total. The molecule has 0 bridgehead atoms. The zero-order valence-corrected chi connectivity index (χ0v) is 11.8. The quantitative estimate of drug-likeness (QED) is 0.839. The Hall–Kier alpha value is -2.66. The maximum atomic E-state index is 12.1. The minimum atomic E-state index is -0.482. The molecule has 2 aromatic rings. The van der Waals surface area contributed by atoms with Gasteiger partial charge in [0, 0.05) is 10.7 Å². The van der Waals surface area contributed by atoms with E-state index in [2.05, 4.69) is 28.7 Å². The number of carbonyl (C=O) groups excluding carboxylic acids is 1. The van der Waals surface area contributed by atoms with E-state index in [-0.39, 0.29) is 11.3 Å². The number of phenolic OH excluding ortho intramolecular Hbond substituents is 1. The van der Waals surface area contributed by atoms with Gasteiger partial charge in [-0.05, 0) is 49.8 Å². The van der Waals surface area contributed by atoms with Gasteiger partial charge in [0.25, 0.3) is 5.91 Å². The Balaban J connectivity index is 2.29. The largest absolute Gasteiger partial charge is 0.507 e. The summed E-state index contributed by atoms with van der Waals surface area (Å²) in [7, 11) is 0. The van der Waals surface area contributed by atoms with Crippen LogP contribution in [0.4, 0.5) is 17.1 Å². The molecule has 2 rings (SSSR count). The lowest BCUT2D eigenvalue weighted by molar-refractivity contribution is 0.102. The number of phenols is 1. The Morgan fingerprint density at radius 2 is 1.81 bits per heavy atom. The standard InChI is InChI=1S/C15H12ClN3O2/c1-17-12-5-4-10(8-13(12)18-2)19-15(21)11-7-9(16)3-6-14(11)20/h3-8,20H,1-2H2,(H,19,21). The number of nitrogens with zero attached hydrogens (tertiary/aromatic N) is 2. The summed E-state index contributed by atoms with van der Waals surface area (Å²) in [6.07, 6.45) is 0. The molecule has 0 aromatic heterocycles. The number of aliphatic imine (C=N–C) groups is 2. The van der Waals surface area contributed by atoms with Crippen LogP contribution >= 0.6 is 11.6 Å². The normalized spacial score (nSPS) is 9.95. The van der Waals surface area contributed by atoms with Crippen LogP contribution in [0.15, 0.2) is 46.4 Å². The van der Waals surface area contributed by atoms with Crippen molar-refractivity contribution in [2.75, 3.05) is 5.32 Å². The molecule has 0 saturated heterocycles. The van der Waals surface area contributed by atoms with Crippen molar-refractivity contribution in [1.82, 2.24) is 0 Å². The summed E-state index contributed by atoms with van der Waals surface area (Å²) in [5.41, 5.74) is 1.64. The molecule has 106 valence electrons. The van der Waals surface area contributed by atoms with E-state index in [1.165, 1.54) is 18.2 Å². The van der Waals surface area contributed by atoms with Gasteiger partial charge in [0.1, 0.15) is 5.75 Å². The number of benzene rings is 2. The molecule has 2 aromatic carbocycles. The monoisotopic (exact) mass is 301 g/mol. The number of halogens is 1. The van der Waals surface area contributed by atoms with E-state index < -0.39 is 5.91 Å². The van der Waals surface area contributed by atoms with Crippen LogP contribution in [-0.4, -0.2) is 24.4 Å². The number of hydrogen-bond donors (Lipinski definition) is 2. The van der Waals surface area contributed by atoms with E-state index in [4.69, 9.17) is 11.6 Å². The molecule has 21 heavy (non-hydrogen) atoms. The Morgan fingerprint density at radius 1 is 1.10 bits per heavy atom. The van der Waals surface area contributed by atoms with Gasteiger partial charge in [0.05, 0.1) is 16.9 Å². The Labute approximate surface area is 126 Å². The summed E-state index contributed by atoms with van der Waals surface area (Å²) in [6, 6.07) is 9.16. The van der Waals surface area contributed by atoms with E-state index >= 15 is 0 Å². The molecule has 0 heterocycles. The lowest BCUT2D eigenvalue weighted by Gasteiger charge is -2.09. The second-order valence-corrected chi connectivity index (χ2v) is 4.57. The maximum absolute atomic E-state index is 12.1. The molecule has 0 radical (unpaired) electrons. The third-order valence-corrected chi connectivity index (χ3v) is 3.01. The van der Waals surface area contributed by atoms with Crippen molar-refractivity contribution in [1.29, 1.82) is 0 Å². The van der Waals surface area contributed by atoms with Crippen LogP contribution in [-0.2, 0) is 0 Å². The van der Waals surface area contributed by atoms with Crippen molar-refractivity contribution in [2.45, 2.75) is 0 Å². The number of nitrogens with one attached hydrogen (secondary N) is 1. The van der Waals surface area contributed by atoms with Crippen LogP contribution in [0, 0.1) is 0 Å². The van der Waals surface area contributed by atoms with Crippen LogP contribution in [0.1, 0.15) is 10.4 Å². The first-order chi connectivity index (χ1) is 10.0. The molecule has 0 spiro atoms. The first kappa shape index (κ1) is 14.7. The number of hydrogen-bond acceptors (Lipinski definition) is 4. The molecule has 0 aliphatic rings. The number of aromatic hydroxyl groups is 1. The van der Waals surface area contributed by atoms with E-state index in [0.717, 1.165) is 0 Å². The second kappa shape index (κ2) is 6.19. The summed E-state index contributed by atoms with van der Waals surface area (Å²) in [5, 5.41) is 12.7. The molecular formula is C15H12ClN3O2. The molecule has 0 atom stereocenters. The van der Waals surface area contributed by atoms with Crippen LogP contribution in [0.3, 0.4) is 0 Å². The van der Waals surface area contributed by atoms with Gasteiger partial charge in [-0.2, -0.15) is 0 Å². The zero-order valence-electron chi connectivity index (χ0n) is 11.0. The highest BCUT2D eigenvalue weighted by molar-refractivity contribution is 6.31. The maximum Gasteiger partial charge on any atom is 0.259 e. The molecule has 0 aliphatic carbocycles. The summed E-state index contributed by atoms with van der Waals surface area (Å²) in [6.45, 7) is 6.86. The molecule has 0 unspecified atom stereocenters. The van der Waals surface area contributed by atoms with Crippen LogP contribution in [0.5, 0.6) is 5.75 Å². The summed E-state index contributed by atoms with van der Waals surface area (Å²) in [4.78, 5) is 19.7. The van der Waals surface area contributed by atoms with Crippen molar-refractivity contribution in [2.24, 2.45) is 9.98 Å². The average Bonchev–Trinajstić information content (AvgIpc) is 2.49. The van der Waals surface area contributed by atoms with Gasteiger partial charge in [0.2, 0.25) is 0 Å². The number of amides is 1. The topological polar surface area (TPSA) is 74.0 Å². The molecular weight excluding hydrogens is 290 g/mol.